The molecule has 0 rings (SSSR count). The fourth-order valence-corrected chi connectivity index (χ4v) is 17.3. The van der Waals surface area contributed by atoms with Crippen LogP contribution >= 0.6 is 0 Å². The summed E-state index contributed by atoms with van der Waals surface area (Å²) in [6.45, 7) is 18.1. The SMILES string of the molecule is C=[C](C#CC(C)(C)C)[Sn]([CH2]CCC)([CH2]CCC)[CH2]CCC. The van der Waals surface area contributed by atoms with E-state index < -0.39 is 18.4 Å². The quantitative estimate of drug-likeness (QED) is 0.276. The van der Waals surface area contributed by atoms with E-state index in [4.69, 9.17) is 0 Å². The molecule has 0 aromatic carbocycles. The Hall–Kier alpha value is 0.0987. The summed E-state index contributed by atoms with van der Waals surface area (Å²) in [4.78, 5) is 0. The number of allylic oxidation sites excluding steroid dienone is 1. The summed E-state index contributed by atoms with van der Waals surface area (Å²) in [6.07, 6.45) is 8.11. The molecule has 0 N–H and O–H groups in total. The third-order valence-corrected chi connectivity index (χ3v) is 19.5. The van der Waals surface area contributed by atoms with E-state index in [1.165, 1.54) is 55.4 Å². The second-order valence-electron chi connectivity index (χ2n) is 7.57. The molecule has 0 aliphatic heterocycles. The molecule has 1 heteroatoms. The molecule has 0 fully saturated rings. The zero-order chi connectivity index (χ0) is 16.4. The molecule has 0 unspecified atom stereocenters. The molecule has 21 heavy (non-hydrogen) atoms. The molecule has 0 radical (unpaired) electrons. The van der Waals surface area contributed by atoms with Crippen molar-refractivity contribution in [1.29, 1.82) is 0 Å². The average molecular weight is 397 g/mol. The van der Waals surface area contributed by atoms with Crippen molar-refractivity contribution in [2.24, 2.45) is 5.41 Å². The predicted molar refractivity (Wildman–Crippen MR) is 101 cm³/mol. The third kappa shape index (κ3) is 8.97. The van der Waals surface area contributed by atoms with Gasteiger partial charge in [-0.05, 0) is 0 Å². The molecular weight excluding hydrogens is 359 g/mol. The molecular formula is C20H38Sn. The van der Waals surface area contributed by atoms with Gasteiger partial charge in [-0.2, -0.15) is 0 Å². The first-order chi connectivity index (χ1) is 9.81. The van der Waals surface area contributed by atoms with Crippen LogP contribution in [-0.4, -0.2) is 18.4 Å². The summed E-state index contributed by atoms with van der Waals surface area (Å²) in [7, 11) is 0. The fraction of sp³-hybridized carbons (Fsp3) is 0.800. The Morgan fingerprint density at radius 2 is 1.24 bits per heavy atom. The molecule has 0 bridgehead atoms. The Labute approximate surface area is 139 Å². The van der Waals surface area contributed by atoms with E-state index in [0.717, 1.165) is 0 Å². The van der Waals surface area contributed by atoms with Crippen LogP contribution in [0.2, 0.25) is 13.3 Å². The van der Waals surface area contributed by atoms with Gasteiger partial charge in [-0.3, -0.25) is 0 Å². The zero-order valence-corrected chi connectivity index (χ0v) is 18.4. The molecule has 0 saturated carbocycles. The Balaban J connectivity index is 5.26. The standard InChI is InChI=1S/C8H11.3C4H9.Sn/c1-5-6-7-8(2,3)4;3*1-3-4-2;/h1H2,2-4H3;3*1,3-4H2,2H3;. The maximum atomic E-state index is 4.51. The normalized spacial score (nSPS) is 11.9. The Kier molecular flexibility index (Phi) is 10.8. The van der Waals surface area contributed by atoms with Gasteiger partial charge in [0.1, 0.15) is 0 Å². The van der Waals surface area contributed by atoms with Crippen LogP contribution in [0.25, 0.3) is 0 Å². The molecule has 0 heterocycles. The monoisotopic (exact) mass is 398 g/mol. The van der Waals surface area contributed by atoms with E-state index in [2.05, 4.69) is 60.0 Å². The van der Waals surface area contributed by atoms with Crippen molar-refractivity contribution in [2.45, 2.75) is 93.4 Å². The van der Waals surface area contributed by atoms with Crippen molar-refractivity contribution < 1.29 is 0 Å². The molecule has 0 aliphatic carbocycles. The molecule has 0 nitrogen and oxygen atoms in total. The summed E-state index contributed by atoms with van der Waals surface area (Å²) in [6, 6.07) is 0. The molecule has 0 aliphatic rings. The van der Waals surface area contributed by atoms with Crippen molar-refractivity contribution in [3.05, 3.63) is 10.2 Å². The van der Waals surface area contributed by atoms with E-state index in [1.807, 2.05) is 0 Å². The van der Waals surface area contributed by atoms with Crippen LogP contribution in [0.4, 0.5) is 0 Å². The second kappa shape index (κ2) is 10.8. The van der Waals surface area contributed by atoms with Crippen molar-refractivity contribution in [3.63, 3.8) is 0 Å². The van der Waals surface area contributed by atoms with E-state index in [0.29, 0.717) is 0 Å². The third-order valence-electron chi connectivity index (χ3n) is 4.26. The molecule has 0 spiro atoms. The van der Waals surface area contributed by atoms with Gasteiger partial charge in [0.15, 0.2) is 0 Å². The summed E-state index contributed by atoms with van der Waals surface area (Å²) in [5.41, 5.74) is 0.0980. The number of rotatable bonds is 10. The molecule has 0 aromatic heterocycles. The molecule has 0 aromatic rings. The number of unbranched alkanes of at least 4 members (excludes halogenated alkanes) is 3. The van der Waals surface area contributed by atoms with Gasteiger partial charge in [-0.15, -0.1) is 0 Å². The van der Waals surface area contributed by atoms with Gasteiger partial charge in [0.2, 0.25) is 0 Å². The van der Waals surface area contributed by atoms with Crippen molar-refractivity contribution >= 4 is 18.4 Å². The summed E-state index contributed by atoms with van der Waals surface area (Å²) >= 11 is -2.30. The van der Waals surface area contributed by atoms with Crippen molar-refractivity contribution in [2.75, 3.05) is 0 Å². The van der Waals surface area contributed by atoms with Gasteiger partial charge in [-0.1, -0.05) is 0 Å². The Bertz CT molecular complexity index is 326. The van der Waals surface area contributed by atoms with Gasteiger partial charge in [0.05, 0.1) is 0 Å². The Morgan fingerprint density at radius 1 is 0.857 bits per heavy atom. The maximum absolute atomic E-state index is 4.51. The zero-order valence-electron chi connectivity index (χ0n) is 15.6. The van der Waals surface area contributed by atoms with E-state index >= 15 is 0 Å². The fourth-order valence-electron chi connectivity index (χ4n) is 2.77. The topological polar surface area (TPSA) is 0 Å². The minimum atomic E-state index is -2.30. The molecule has 122 valence electrons. The minimum absolute atomic E-state index is 0.0980. The molecule has 0 atom stereocenters. The van der Waals surface area contributed by atoms with E-state index in [1.54, 1.807) is 0 Å². The summed E-state index contributed by atoms with van der Waals surface area (Å²) < 4.78 is 5.84. The second-order valence-corrected chi connectivity index (χ2v) is 20.9. The van der Waals surface area contributed by atoms with Crippen LogP contribution in [0.1, 0.15) is 80.1 Å². The van der Waals surface area contributed by atoms with Gasteiger partial charge >= 0.3 is 139 Å². The van der Waals surface area contributed by atoms with E-state index in [-0.39, 0.29) is 5.41 Å². The van der Waals surface area contributed by atoms with Crippen molar-refractivity contribution in [3.8, 4) is 11.8 Å². The van der Waals surface area contributed by atoms with Crippen LogP contribution in [-0.2, 0) is 0 Å². The van der Waals surface area contributed by atoms with Gasteiger partial charge in [-0.25, -0.2) is 0 Å². The van der Waals surface area contributed by atoms with Crippen LogP contribution in [0.5, 0.6) is 0 Å². The van der Waals surface area contributed by atoms with Gasteiger partial charge < -0.3 is 0 Å². The van der Waals surface area contributed by atoms with Crippen LogP contribution in [0.15, 0.2) is 10.2 Å². The predicted octanol–water partition coefficient (Wildman–Crippen LogP) is 6.98. The first-order valence-electron chi connectivity index (χ1n) is 9.04. The average Bonchev–Trinajstić information content (AvgIpc) is 2.43. The number of hydrogen-bond acceptors (Lipinski definition) is 0. The summed E-state index contributed by atoms with van der Waals surface area (Å²) in [5.74, 6) is 7.00. The van der Waals surface area contributed by atoms with Crippen LogP contribution < -0.4 is 0 Å². The van der Waals surface area contributed by atoms with Crippen molar-refractivity contribution in [1.82, 2.24) is 0 Å². The van der Waals surface area contributed by atoms with E-state index in [9.17, 15) is 0 Å². The van der Waals surface area contributed by atoms with Crippen LogP contribution in [0.3, 0.4) is 0 Å². The van der Waals surface area contributed by atoms with Gasteiger partial charge in [0, 0.05) is 0 Å². The first-order valence-corrected chi connectivity index (χ1v) is 16.5. The van der Waals surface area contributed by atoms with Crippen LogP contribution in [0, 0.1) is 17.3 Å². The van der Waals surface area contributed by atoms with Gasteiger partial charge in [0.25, 0.3) is 0 Å². The Morgan fingerprint density at radius 3 is 1.52 bits per heavy atom. The molecule has 0 amide bonds. The molecule has 0 saturated heterocycles. The summed E-state index contributed by atoms with van der Waals surface area (Å²) in [5, 5.41) is 0. The first kappa shape index (κ1) is 21.1. The number of hydrogen-bond donors (Lipinski definition) is 0.